The predicted octanol–water partition coefficient (Wildman–Crippen LogP) is -0.905. The number of imidazole rings is 1. The van der Waals surface area contributed by atoms with E-state index in [1.54, 1.807) is 6.33 Å². The molecular formula is C15H25N5O11P2. The normalized spacial score (nSPS) is 24.8. The van der Waals surface area contributed by atoms with Gasteiger partial charge in [0.15, 0.2) is 17.8 Å². The molecule has 2 unspecified atom stereocenters. The number of fused-ring (bicyclic) bond motifs is 1. The largest absolute Gasteiger partial charge is 0.481 e. The molecule has 0 amide bonds. The van der Waals surface area contributed by atoms with Crippen molar-refractivity contribution < 1.29 is 52.7 Å². The molecule has 3 heterocycles. The molecule has 1 saturated heterocycles. The second-order valence-corrected chi connectivity index (χ2v) is 9.80. The fourth-order valence-electron chi connectivity index (χ4n) is 2.53. The predicted molar refractivity (Wildman–Crippen MR) is 111 cm³/mol. The molecular weight excluding hydrogens is 488 g/mol. The maximum atomic E-state index is 11.0. The number of phosphoric acid groups is 2. The van der Waals surface area contributed by atoms with E-state index in [9.17, 15) is 14.2 Å². The van der Waals surface area contributed by atoms with Crippen molar-refractivity contribution in [3.8, 4) is 0 Å². The Morgan fingerprint density at radius 1 is 1.24 bits per heavy atom. The zero-order valence-electron chi connectivity index (χ0n) is 17.3. The zero-order valence-corrected chi connectivity index (χ0v) is 19.0. The summed E-state index contributed by atoms with van der Waals surface area (Å²) in [7, 11) is -10.3. The van der Waals surface area contributed by atoms with Gasteiger partial charge in [-0.2, -0.15) is 4.31 Å². The SMILES string of the molecule is C=C(C)CCc1nc(N)c2[nH]cnc2n1.O=P(O)(O)OP(=O)(O)OC[C@H]1OC(O)[C@H](O)[C@@H]1O. The van der Waals surface area contributed by atoms with E-state index in [2.05, 4.69) is 40.1 Å². The van der Waals surface area contributed by atoms with E-state index in [0.717, 1.165) is 24.2 Å². The summed E-state index contributed by atoms with van der Waals surface area (Å²) in [5, 5.41) is 27.3. The zero-order chi connectivity index (χ0) is 25.0. The van der Waals surface area contributed by atoms with E-state index in [1.165, 1.54) is 0 Å². The number of rotatable bonds is 8. The molecule has 0 aromatic carbocycles. The van der Waals surface area contributed by atoms with Crippen LogP contribution in [-0.4, -0.2) is 81.1 Å². The summed E-state index contributed by atoms with van der Waals surface area (Å²) >= 11 is 0. The van der Waals surface area contributed by atoms with Gasteiger partial charge in [0, 0.05) is 6.42 Å². The molecule has 0 spiro atoms. The van der Waals surface area contributed by atoms with Crippen LogP contribution >= 0.6 is 15.6 Å². The van der Waals surface area contributed by atoms with E-state index in [0.29, 0.717) is 17.0 Å². The first kappa shape index (κ1) is 27.4. The molecule has 186 valence electrons. The highest BCUT2D eigenvalue weighted by Crippen LogP contribution is 2.57. The molecule has 5 atom stereocenters. The van der Waals surface area contributed by atoms with Crippen LogP contribution < -0.4 is 5.73 Å². The van der Waals surface area contributed by atoms with E-state index < -0.39 is 46.9 Å². The van der Waals surface area contributed by atoms with Crippen LogP contribution in [0.4, 0.5) is 5.82 Å². The van der Waals surface area contributed by atoms with E-state index in [-0.39, 0.29) is 0 Å². The number of aliphatic hydroxyl groups excluding tert-OH is 3. The maximum Gasteiger partial charge on any atom is 0.481 e. The Labute approximate surface area is 186 Å². The Balaban J connectivity index is 0.000000237. The van der Waals surface area contributed by atoms with Crippen molar-refractivity contribution in [1.82, 2.24) is 19.9 Å². The summed E-state index contributed by atoms with van der Waals surface area (Å²) in [6, 6.07) is 0. The molecule has 0 aliphatic carbocycles. The highest BCUT2D eigenvalue weighted by molar-refractivity contribution is 7.60. The van der Waals surface area contributed by atoms with Crippen molar-refractivity contribution in [1.29, 1.82) is 0 Å². The van der Waals surface area contributed by atoms with E-state index >= 15 is 0 Å². The third-order valence-corrected chi connectivity index (χ3v) is 6.24. The number of H-pyrrole nitrogens is 1. The Morgan fingerprint density at radius 3 is 2.45 bits per heavy atom. The highest BCUT2D eigenvalue weighted by atomic mass is 31.3. The molecule has 0 saturated carbocycles. The fourth-order valence-corrected chi connectivity index (χ4v) is 4.13. The molecule has 18 heteroatoms. The van der Waals surface area contributed by atoms with Gasteiger partial charge >= 0.3 is 15.6 Å². The van der Waals surface area contributed by atoms with E-state index in [4.69, 9.17) is 30.6 Å². The Hall–Kier alpha value is -1.81. The number of anilines is 1. The lowest BCUT2D eigenvalue weighted by atomic mass is 10.1. The first-order valence-corrected chi connectivity index (χ1v) is 12.2. The van der Waals surface area contributed by atoms with Crippen LogP contribution in [-0.2, 0) is 29.1 Å². The molecule has 0 bridgehead atoms. The van der Waals surface area contributed by atoms with Gasteiger partial charge in [-0.15, -0.1) is 6.58 Å². The number of hydrogen-bond acceptors (Lipinski definition) is 12. The summed E-state index contributed by atoms with van der Waals surface area (Å²) in [5.74, 6) is 1.17. The highest BCUT2D eigenvalue weighted by Gasteiger charge is 2.43. The third-order valence-electron chi connectivity index (χ3n) is 4.08. The topological polar surface area (TPSA) is 264 Å². The number of aromatic nitrogens is 4. The quantitative estimate of drug-likeness (QED) is 0.157. The molecule has 0 radical (unpaired) electrons. The second kappa shape index (κ2) is 11.1. The third kappa shape index (κ3) is 8.48. The van der Waals surface area contributed by atoms with Crippen molar-refractivity contribution in [3.05, 3.63) is 24.3 Å². The number of aryl methyl sites for hydroxylation is 1. The average Bonchev–Trinajstić information content (AvgIpc) is 3.24. The summed E-state index contributed by atoms with van der Waals surface area (Å²) in [6.45, 7) is 4.99. The van der Waals surface area contributed by atoms with Gasteiger partial charge in [0.05, 0.1) is 12.9 Å². The minimum absolute atomic E-state index is 0.453. The molecule has 9 N–H and O–H groups in total. The van der Waals surface area contributed by atoms with Gasteiger partial charge in [-0.25, -0.2) is 24.1 Å². The number of nitrogens with two attached hydrogens (primary N) is 1. The number of nitrogens with zero attached hydrogens (tertiary/aromatic N) is 3. The van der Waals surface area contributed by atoms with Crippen molar-refractivity contribution in [2.45, 2.75) is 44.4 Å². The van der Waals surface area contributed by atoms with Gasteiger partial charge in [-0.05, 0) is 13.3 Å². The van der Waals surface area contributed by atoms with Crippen molar-refractivity contribution >= 4 is 32.6 Å². The summed E-state index contributed by atoms with van der Waals surface area (Å²) in [5.41, 5.74) is 8.20. The average molecular weight is 513 g/mol. The number of nitrogens with one attached hydrogen (secondary N) is 1. The molecule has 3 rings (SSSR count). The molecule has 1 aliphatic rings. The first-order valence-electron chi connectivity index (χ1n) is 9.22. The van der Waals surface area contributed by atoms with E-state index in [1.807, 2.05) is 6.92 Å². The van der Waals surface area contributed by atoms with Crippen LogP contribution in [0.15, 0.2) is 18.5 Å². The standard InChI is InChI=1S/C10H13N5.C5H12O11P2/c1-6(2)3-4-7-14-9(11)8-10(15-7)13-5-12-8;6-3-2(15-5(8)4(3)7)1-14-18(12,13)16-17(9,10)11/h5H,1,3-4H2,2H3,(H3,11,12,13,14,15);2-8H,1H2,(H,12,13)(H2,9,10,11)/t;2-,3-,4-,5?/m.1/s1. The lowest BCUT2D eigenvalue weighted by Crippen LogP contribution is -2.34. The number of ether oxygens (including phenoxy) is 1. The summed E-state index contributed by atoms with van der Waals surface area (Å²) < 4.78 is 33.5. The smallest absolute Gasteiger partial charge is 0.387 e. The minimum atomic E-state index is -5.23. The molecule has 16 nitrogen and oxygen atoms in total. The van der Waals surface area contributed by atoms with Crippen LogP contribution in [0.1, 0.15) is 19.2 Å². The Bertz CT molecular complexity index is 1060. The van der Waals surface area contributed by atoms with Gasteiger partial charge in [-0.3, -0.25) is 4.52 Å². The molecule has 33 heavy (non-hydrogen) atoms. The lowest BCUT2D eigenvalue weighted by molar-refractivity contribution is -0.132. The number of nitrogen functional groups attached to an aromatic ring is 1. The van der Waals surface area contributed by atoms with Crippen LogP contribution in [0.3, 0.4) is 0 Å². The van der Waals surface area contributed by atoms with Crippen molar-refractivity contribution in [3.63, 3.8) is 0 Å². The van der Waals surface area contributed by atoms with Crippen LogP contribution in [0.2, 0.25) is 0 Å². The van der Waals surface area contributed by atoms with Crippen LogP contribution in [0, 0.1) is 0 Å². The van der Waals surface area contributed by atoms with Crippen molar-refractivity contribution in [2.75, 3.05) is 12.3 Å². The maximum absolute atomic E-state index is 11.0. The van der Waals surface area contributed by atoms with Crippen LogP contribution in [0.5, 0.6) is 0 Å². The van der Waals surface area contributed by atoms with Gasteiger partial charge in [0.25, 0.3) is 0 Å². The number of aromatic amines is 1. The fraction of sp³-hybridized carbons (Fsp3) is 0.533. The van der Waals surface area contributed by atoms with Gasteiger partial charge in [0.2, 0.25) is 0 Å². The monoisotopic (exact) mass is 513 g/mol. The Kier molecular flexibility index (Phi) is 9.21. The molecule has 2 aromatic rings. The van der Waals surface area contributed by atoms with Crippen LogP contribution in [0.25, 0.3) is 11.2 Å². The number of aliphatic hydroxyl groups is 3. The minimum Gasteiger partial charge on any atom is -0.387 e. The Morgan fingerprint density at radius 2 is 1.91 bits per heavy atom. The van der Waals surface area contributed by atoms with Crippen molar-refractivity contribution in [2.24, 2.45) is 0 Å². The molecule has 1 fully saturated rings. The lowest BCUT2D eigenvalue weighted by Gasteiger charge is -2.17. The summed E-state index contributed by atoms with van der Waals surface area (Å²) in [6.07, 6.45) is -3.07. The van der Waals surface area contributed by atoms with Gasteiger partial charge < -0.3 is 45.5 Å². The second-order valence-electron chi connectivity index (χ2n) is 6.97. The molecule has 2 aromatic heterocycles. The van der Waals surface area contributed by atoms with Gasteiger partial charge in [0.1, 0.15) is 29.7 Å². The van der Waals surface area contributed by atoms with Gasteiger partial charge in [-0.1, -0.05) is 5.57 Å². The number of hydrogen-bond donors (Lipinski definition) is 8. The first-order chi connectivity index (χ1) is 15.2. The molecule has 1 aliphatic heterocycles. The number of phosphoric ester groups is 1. The number of allylic oxidation sites excluding steroid dienone is 1. The summed E-state index contributed by atoms with van der Waals surface area (Å²) in [4.78, 5) is 40.9.